The van der Waals surface area contributed by atoms with E-state index in [1.807, 2.05) is 6.07 Å². The van der Waals surface area contributed by atoms with Gasteiger partial charge in [0.25, 0.3) is 0 Å². The molecule has 0 aliphatic rings. The number of benzene rings is 1. The van der Waals surface area contributed by atoms with Gasteiger partial charge in [-0.3, -0.25) is 4.79 Å². The quantitative estimate of drug-likeness (QED) is 0.588. The highest BCUT2D eigenvalue weighted by Crippen LogP contribution is 2.23. The number of carbonyl (C=O) groups excluding carboxylic acids is 2. The number of hydrogen-bond donors (Lipinski definition) is 2. The minimum Gasteiger partial charge on any atom is -0.496 e. The second-order valence-corrected chi connectivity index (χ2v) is 4.92. The molecule has 2 N–H and O–H groups in total. The Balaban J connectivity index is 2.62. The van der Waals surface area contributed by atoms with E-state index in [0.717, 1.165) is 17.1 Å². The molecule has 1 aromatic carbocycles. The minimum absolute atomic E-state index is 0.217. The first-order valence-electron chi connectivity index (χ1n) is 6.03. The standard InChI is InChI=1S/C14H16BrNO5/c1-20-12-5-4-10(15)7-9(12)3-6-13(18)16-8-11(17)14(19)21-2/h3-7,11,17H,8H2,1-2H3,(H,16,18)/b6-3+. The van der Waals surface area contributed by atoms with Crippen LogP contribution in [0, 0.1) is 0 Å². The van der Waals surface area contributed by atoms with E-state index in [1.54, 1.807) is 18.2 Å². The molecule has 0 heterocycles. The largest absolute Gasteiger partial charge is 0.496 e. The van der Waals surface area contributed by atoms with E-state index >= 15 is 0 Å². The Morgan fingerprint density at radius 1 is 1.43 bits per heavy atom. The normalized spacial score (nSPS) is 12.0. The second-order valence-electron chi connectivity index (χ2n) is 4.00. The Morgan fingerprint density at radius 2 is 2.14 bits per heavy atom. The van der Waals surface area contributed by atoms with E-state index in [0.29, 0.717) is 5.75 Å². The number of ether oxygens (including phenoxy) is 2. The number of hydrogen-bond acceptors (Lipinski definition) is 5. The molecule has 1 amide bonds. The summed E-state index contributed by atoms with van der Waals surface area (Å²) < 4.78 is 10.4. The van der Waals surface area contributed by atoms with Crippen molar-refractivity contribution in [1.82, 2.24) is 5.32 Å². The molecule has 1 aromatic rings. The predicted octanol–water partition coefficient (Wildman–Crippen LogP) is 1.12. The Morgan fingerprint density at radius 3 is 2.76 bits per heavy atom. The van der Waals surface area contributed by atoms with Crippen molar-refractivity contribution < 1.29 is 24.2 Å². The summed E-state index contributed by atoms with van der Waals surface area (Å²) in [4.78, 5) is 22.6. The van der Waals surface area contributed by atoms with E-state index in [1.165, 1.54) is 13.2 Å². The van der Waals surface area contributed by atoms with Crippen LogP contribution in [-0.4, -0.2) is 43.9 Å². The highest BCUT2D eigenvalue weighted by molar-refractivity contribution is 9.10. The summed E-state index contributed by atoms with van der Waals surface area (Å²) in [5.41, 5.74) is 0.718. The van der Waals surface area contributed by atoms with Gasteiger partial charge in [0.1, 0.15) is 5.75 Å². The van der Waals surface area contributed by atoms with Crippen LogP contribution in [0.4, 0.5) is 0 Å². The van der Waals surface area contributed by atoms with Crippen LogP contribution in [0.1, 0.15) is 5.56 Å². The lowest BCUT2D eigenvalue weighted by Gasteiger charge is -2.08. The third kappa shape index (κ3) is 5.57. The molecular formula is C14H16BrNO5. The lowest BCUT2D eigenvalue weighted by atomic mass is 10.2. The zero-order valence-electron chi connectivity index (χ0n) is 11.6. The second kappa shape index (κ2) is 8.43. The first kappa shape index (κ1) is 17.2. The van der Waals surface area contributed by atoms with Crippen molar-refractivity contribution in [3.8, 4) is 5.75 Å². The molecule has 1 atom stereocenters. The molecule has 0 saturated heterocycles. The predicted molar refractivity (Wildman–Crippen MR) is 80.8 cm³/mol. The molecule has 0 spiro atoms. The number of aliphatic hydroxyl groups excluding tert-OH is 1. The van der Waals surface area contributed by atoms with Gasteiger partial charge >= 0.3 is 5.97 Å². The average molecular weight is 358 g/mol. The van der Waals surface area contributed by atoms with Gasteiger partial charge in [-0.15, -0.1) is 0 Å². The van der Waals surface area contributed by atoms with Gasteiger partial charge in [-0.05, 0) is 24.3 Å². The lowest BCUT2D eigenvalue weighted by Crippen LogP contribution is -2.36. The van der Waals surface area contributed by atoms with Crippen molar-refractivity contribution in [2.24, 2.45) is 0 Å². The molecule has 0 aromatic heterocycles. The summed E-state index contributed by atoms with van der Waals surface area (Å²) in [6, 6.07) is 5.39. The smallest absolute Gasteiger partial charge is 0.336 e. The van der Waals surface area contributed by atoms with Gasteiger partial charge in [0.15, 0.2) is 6.10 Å². The van der Waals surface area contributed by atoms with Crippen molar-refractivity contribution in [1.29, 1.82) is 0 Å². The fourth-order valence-electron chi connectivity index (χ4n) is 1.48. The number of amides is 1. The minimum atomic E-state index is -1.38. The van der Waals surface area contributed by atoms with Gasteiger partial charge < -0.3 is 19.9 Å². The molecule has 21 heavy (non-hydrogen) atoms. The molecule has 1 unspecified atom stereocenters. The highest BCUT2D eigenvalue weighted by Gasteiger charge is 2.15. The third-order valence-corrected chi connectivity index (χ3v) is 3.04. The van der Waals surface area contributed by atoms with E-state index in [2.05, 4.69) is 26.0 Å². The number of methoxy groups -OCH3 is 2. The van der Waals surface area contributed by atoms with Crippen molar-refractivity contribution in [3.05, 3.63) is 34.3 Å². The fourth-order valence-corrected chi connectivity index (χ4v) is 1.86. The number of aliphatic hydroxyl groups is 1. The fraction of sp³-hybridized carbons (Fsp3) is 0.286. The molecule has 0 aliphatic heterocycles. The summed E-state index contributed by atoms with van der Waals surface area (Å²) >= 11 is 3.33. The number of rotatable bonds is 6. The summed E-state index contributed by atoms with van der Waals surface area (Å²) in [6.45, 7) is -0.217. The Labute approximate surface area is 130 Å². The molecule has 0 saturated carbocycles. The lowest BCUT2D eigenvalue weighted by molar-refractivity contribution is -0.150. The first-order chi connectivity index (χ1) is 9.97. The molecule has 0 radical (unpaired) electrons. The molecule has 7 heteroatoms. The Kier molecular flexibility index (Phi) is 6.90. The number of halogens is 1. The first-order valence-corrected chi connectivity index (χ1v) is 6.82. The van der Waals surface area contributed by atoms with Crippen LogP contribution in [-0.2, 0) is 14.3 Å². The molecule has 6 nitrogen and oxygen atoms in total. The Hall–Kier alpha value is -1.86. The summed E-state index contributed by atoms with van der Waals surface area (Å²) in [5, 5.41) is 11.7. The third-order valence-electron chi connectivity index (χ3n) is 2.55. The average Bonchev–Trinajstić information content (AvgIpc) is 2.49. The van der Waals surface area contributed by atoms with Gasteiger partial charge in [0.05, 0.1) is 20.8 Å². The maximum Gasteiger partial charge on any atom is 0.336 e. The van der Waals surface area contributed by atoms with Crippen LogP contribution in [0.2, 0.25) is 0 Å². The van der Waals surface area contributed by atoms with Crippen LogP contribution in [0.25, 0.3) is 6.08 Å². The summed E-state index contributed by atoms with van der Waals surface area (Å²) in [6.07, 6.45) is 1.48. The van der Waals surface area contributed by atoms with Crippen molar-refractivity contribution >= 4 is 33.9 Å². The van der Waals surface area contributed by atoms with Gasteiger partial charge in [-0.1, -0.05) is 15.9 Å². The van der Waals surface area contributed by atoms with Gasteiger partial charge in [-0.25, -0.2) is 4.79 Å². The Bertz CT molecular complexity index is 544. The van der Waals surface area contributed by atoms with Crippen molar-refractivity contribution in [2.75, 3.05) is 20.8 Å². The maximum atomic E-state index is 11.6. The van der Waals surface area contributed by atoms with Gasteiger partial charge in [0, 0.05) is 16.1 Å². The highest BCUT2D eigenvalue weighted by atomic mass is 79.9. The molecule has 0 aliphatic carbocycles. The zero-order valence-corrected chi connectivity index (χ0v) is 13.2. The van der Waals surface area contributed by atoms with E-state index in [4.69, 9.17) is 4.74 Å². The topological polar surface area (TPSA) is 84.9 Å². The van der Waals surface area contributed by atoms with Crippen LogP contribution in [0.3, 0.4) is 0 Å². The summed E-state index contributed by atoms with van der Waals surface area (Å²) in [5.74, 6) is -0.621. The van der Waals surface area contributed by atoms with Crippen LogP contribution in [0.15, 0.2) is 28.7 Å². The molecule has 0 bridgehead atoms. The van der Waals surface area contributed by atoms with E-state index in [9.17, 15) is 14.7 Å². The van der Waals surface area contributed by atoms with Gasteiger partial charge in [0.2, 0.25) is 5.91 Å². The van der Waals surface area contributed by atoms with Crippen LogP contribution in [0.5, 0.6) is 5.75 Å². The number of nitrogens with one attached hydrogen (secondary N) is 1. The van der Waals surface area contributed by atoms with E-state index < -0.39 is 18.0 Å². The summed E-state index contributed by atoms with van der Waals surface area (Å²) in [7, 11) is 2.69. The maximum absolute atomic E-state index is 11.6. The monoisotopic (exact) mass is 357 g/mol. The van der Waals surface area contributed by atoms with E-state index in [-0.39, 0.29) is 6.54 Å². The van der Waals surface area contributed by atoms with Crippen molar-refractivity contribution in [3.63, 3.8) is 0 Å². The number of esters is 1. The zero-order chi connectivity index (χ0) is 15.8. The molecule has 0 fully saturated rings. The SMILES string of the molecule is COC(=O)C(O)CNC(=O)/C=C/c1cc(Br)ccc1OC. The molecule has 114 valence electrons. The van der Waals surface area contributed by atoms with Crippen LogP contribution >= 0.6 is 15.9 Å². The molecule has 1 rings (SSSR count). The van der Waals surface area contributed by atoms with Crippen molar-refractivity contribution in [2.45, 2.75) is 6.10 Å². The van der Waals surface area contributed by atoms with Crippen LogP contribution < -0.4 is 10.1 Å². The van der Waals surface area contributed by atoms with Gasteiger partial charge in [-0.2, -0.15) is 0 Å². The number of carbonyl (C=O) groups is 2. The molecular weight excluding hydrogens is 342 g/mol.